The van der Waals surface area contributed by atoms with E-state index in [2.05, 4.69) is 21.7 Å². The van der Waals surface area contributed by atoms with Gasteiger partial charge in [0.05, 0.1) is 16.0 Å². The Hall–Kier alpha value is -3.16. The van der Waals surface area contributed by atoms with E-state index in [1.54, 1.807) is 6.07 Å². The standard InChI is InChI=1S/C25H23N3O2S2/c1-15-5-4-6-18(10-15)24(30)27-19-7-8-21-22(13-19)32-25(28-21)31-14-23(29)26-20-11-16(2)9-17(3)12-20/h4-13H,14H2,1-3H3,(H,26,29)(H,27,30). The number of aryl methyl sites for hydroxylation is 3. The number of aromatic nitrogens is 1. The van der Waals surface area contributed by atoms with E-state index < -0.39 is 0 Å². The Kier molecular flexibility index (Phi) is 6.58. The van der Waals surface area contributed by atoms with Crippen LogP contribution in [0.3, 0.4) is 0 Å². The number of amides is 2. The van der Waals surface area contributed by atoms with E-state index in [0.717, 1.165) is 42.6 Å². The molecule has 2 amide bonds. The molecule has 2 N–H and O–H groups in total. The number of anilines is 2. The lowest BCUT2D eigenvalue weighted by Gasteiger charge is -2.06. The zero-order valence-corrected chi connectivity index (χ0v) is 19.7. The van der Waals surface area contributed by atoms with Crippen LogP contribution in [0, 0.1) is 20.8 Å². The molecule has 0 radical (unpaired) electrons. The highest BCUT2D eigenvalue weighted by Gasteiger charge is 2.11. The lowest BCUT2D eigenvalue weighted by molar-refractivity contribution is -0.113. The third-order valence-electron chi connectivity index (χ3n) is 4.74. The van der Waals surface area contributed by atoms with Gasteiger partial charge in [-0.2, -0.15) is 0 Å². The van der Waals surface area contributed by atoms with Crippen LogP contribution in [0.15, 0.2) is 65.0 Å². The Bertz CT molecular complexity index is 1290. The van der Waals surface area contributed by atoms with Gasteiger partial charge in [0.2, 0.25) is 5.91 Å². The molecular formula is C25H23N3O2S2. The highest BCUT2D eigenvalue weighted by Crippen LogP contribution is 2.31. The maximum absolute atomic E-state index is 12.5. The maximum Gasteiger partial charge on any atom is 0.255 e. The quantitative estimate of drug-likeness (QED) is 0.335. The molecule has 0 aliphatic rings. The van der Waals surface area contributed by atoms with Crippen LogP contribution in [0.1, 0.15) is 27.0 Å². The molecule has 3 aromatic carbocycles. The van der Waals surface area contributed by atoms with Crippen molar-refractivity contribution < 1.29 is 9.59 Å². The molecule has 4 aromatic rings. The fourth-order valence-electron chi connectivity index (χ4n) is 3.40. The topological polar surface area (TPSA) is 71.1 Å². The van der Waals surface area contributed by atoms with Crippen LogP contribution in [0.5, 0.6) is 0 Å². The van der Waals surface area contributed by atoms with Crippen molar-refractivity contribution in [2.75, 3.05) is 16.4 Å². The van der Waals surface area contributed by atoms with Gasteiger partial charge in [0.1, 0.15) is 0 Å². The van der Waals surface area contributed by atoms with Crippen molar-refractivity contribution in [3.63, 3.8) is 0 Å². The fraction of sp³-hybridized carbons (Fsp3) is 0.160. The molecule has 162 valence electrons. The van der Waals surface area contributed by atoms with Crippen LogP contribution >= 0.6 is 23.1 Å². The molecule has 0 fully saturated rings. The molecule has 1 aromatic heterocycles. The summed E-state index contributed by atoms with van der Waals surface area (Å²) >= 11 is 2.92. The summed E-state index contributed by atoms with van der Waals surface area (Å²) in [7, 11) is 0. The Morgan fingerprint density at radius 1 is 0.875 bits per heavy atom. The van der Waals surface area contributed by atoms with Crippen LogP contribution in [0.2, 0.25) is 0 Å². The van der Waals surface area contributed by atoms with Crippen molar-refractivity contribution in [1.29, 1.82) is 0 Å². The molecule has 0 saturated heterocycles. The van der Waals surface area contributed by atoms with E-state index >= 15 is 0 Å². The molecule has 0 saturated carbocycles. The van der Waals surface area contributed by atoms with Crippen molar-refractivity contribution >= 4 is 56.5 Å². The predicted molar refractivity (Wildman–Crippen MR) is 134 cm³/mol. The first-order valence-electron chi connectivity index (χ1n) is 10.2. The molecule has 0 aliphatic carbocycles. The lowest BCUT2D eigenvalue weighted by Crippen LogP contribution is -2.14. The minimum Gasteiger partial charge on any atom is -0.325 e. The summed E-state index contributed by atoms with van der Waals surface area (Å²) in [4.78, 5) is 29.5. The molecule has 0 aliphatic heterocycles. The second-order valence-corrected chi connectivity index (χ2v) is 9.95. The summed E-state index contributed by atoms with van der Waals surface area (Å²) < 4.78 is 1.78. The third-order valence-corrected chi connectivity index (χ3v) is 6.90. The van der Waals surface area contributed by atoms with E-state index in [1.807, 2.05) is 69.3 Å². The summed E-state index contributed by atoms with van der Waals surface area (Å²) in [6.07, 6.45) is 0. The third kappa shape index (κ3) is 5.55. The van der Waals surface area contributed by atoms with Gasteiger partial charge in [0.25, 0.3) is 5.91 Å². The summed E-state index contributed by atoms with van der Waals surface area (Å²) in [5.74, 6) is 0.0737. The van der Waals surface area contributed by atoms with Crippen molar-refractivity contribution in [2.24, 2.45) is 0 Å². The number of nitrogens with one attached hydrogen (secondary N) is 2. The number of thioether (sulfide) groups is 1. The molecule has 1 heterocycles. The zero-order valence-electron chi connectivity index (χ0n) is 18.1. The van der Waals surface area contributed by atoms with Crippen LogP contribution in [-0.2, 0) is 4.79 Å². The second kappa shape index (κ2) is 9.54. The molecule has 0 unspecified atom stereocenters. The largest absolute Gasteiger partial charge is 0.325 e. The van der Waals surface area contributed by atoms with E-state index in [-0.39, 0.29) is 17.6 Å². The second-order valence-electron chi connectivity index (χ2n) is 7.70. The Balaban J connectivity index is 1.39. The first kappa shape index (κ1) is 22.0. The molecular weight excluding hydrogens is 438 g/mol. The molecule has 7 heteroatoms. The first-order valence-corrected chi connectivity index (χ1v) is 12.0. The van der Waals surface area contributed by atoms with Gasteiger partial charge in [-0.15, -0.1) is 11.3 Å². The number of fused-ring (bicyclic) bond motifs is 1. The maximum atomic E-state index is 12.5. The number of thiazole rings is 1. The van der Waals surface area contributed by atoms with Crippen LogP contribution in [0.25, 0.3) is 10.2 Å². The van der Waals surface area contributed by atoms with Gasteiger partial charge >= 0.3 is 0 Å². The van der Waals surface area contributed by atoms with E-state index in [4.69, 9.17) is 0 Å². The Morgan fingerprint density at radius 2 is 1.66 bits per heavy atom. The van der Waals surface area contributed by atoms with E-state index in [9.17, 15) is 9.59 Å². The van der Waals surface area contributed by atoms with Gasteiger partial charge in [-0.05, 0) is 74.4 Å². The predicted octanol–water partition coefficient (Wildman–Crippen LogP) is 6.20. The SMILES string of the molecule is Cc1cc(C)cc(NC(=O)CSc2nc3ccc(NC(=O)c4cccc(C)c4)cc3s2)c1. The average Bonchev–Trinajstić information content (AvgIpc) is 3.14. The number of hydrogen-bond acceptors (Lipinski definition) is 5. The van der Waals surface area contributed by atoms with Gasteiger partial charge in [0, 0.05) is 16.9 Å². The van der Waals surface area contributed by atoms with Crippen molar-refractivity contribution in [3.8, 4) is 0 Å². The normalized spacial score (nSPS) is 10.8. The van der Waals surface area contributed by atoms with Crippen molar-refractivity contribution in [1.82, 2.24) is 4.98 Å². The number of carbonyl (C=O) groups is 2. The number of benzene rings is 3. The van der Waals surface area contributed by atoms with Gasteiger partial charge in [-0.3, -0.25) is 9.59 Å². The summed E-state index contributed by atoms with van der Waals surface area (Å²) in [5, 5.41) is 5.89. The van der Waals surface area contributed by atoms with E-state index in [0.29, 0.717) is 5.56 Å². The minimum atomic E-state index is -0.143. The fourth-order valence-corrected chi connectivity index (χ4v) is 5.31. The van der Waals surface area contributed by atoms with Gasteiger partial charge in [-0.1, -0.05) is 35.5 Å². The van der Waals surface area contributed by atoms with Gasteiger partial charge in [-0.25, -0.2) is 4.98 Å². The summed E-state index contributed by atoms with van der Waals surface area (Å²) in [5.41, 5.74) is 6.28. The Labute approximate surface area is 195 Å². The highest BCUT2D eigenvalue weighted by molar-refractivity contribution is 8.01. The number of carbonyl (C=O) groups excluding carboxylic acids is 2. The van der Waals surface area contributed by atoms with Crippen LogP contribution in [-0.4, -0.2) is 22.6 Å². The Morgan fingerprint density at radius 3 is 2.41 bits per heavy atom. The monoisotopic (exact) mass is 461 g/mol. The van der Waals surface area contributed by atoms with Gasteiger partial charge in [0.15, 0.2) is 4.34 Å². The minimum absolute atomic E-state index is 0.0645. The highest BCUT2D eigenvalue weighted by atomic mass is 32.2. The number of hydrogen-bond donors (Lipinski definition) is 2. The smallest absolute Gasteiger partial charge is 0.255 e. The van der Waals surface area contributed by atoms with Crippen molar-refractivity contribution in [2.45, 2.75) is 25.1 Å². The van der Waals surface area contributed by atoms with Crippen LogP contribution < -0.4 is 10.6 Å². The molecule has 4 rings (SSSR count). The van der Waals surface area contributed by atoms with Crippen LogP contribution in [0.4, 0.5) is 11.4 Å². The molecule has 32 heavy (non-hydrogen) atoms. The first-order chi connectivity index (χ1) is 15.4. The summed E-state index contributed by atoms with van der Waals surface area (Å²) in [6, 6.07) is 19.1. The van der Waals surface area contributed by atoms with Gasteiger partial charge < -0.3 is 10.6 Å². The average molecular weight is 462 g/mol. The molecule has 0 atom stereocenters. The number of nitrogens with zero attached hydrogens (tertiary/aromatic N) is 1. The zero-order chi connectivity index (χ0) is 22.7. The summed E-state index contributed by atoms with van der Waals surface area (Å²) in [6.45, 7) is 5.98. The molecule has 0 spiro atoms. The van der Waals surface area contributed by atoms with Crippen molar-refractivity contribution in [3.05, 3.63) is 82.9 Å². The molecule has 0 bridgehead atoms. The number of rotatable bonds is 6. The molecule has 5 nitrogen and oxygen atoms in total. The van der Waals surface area contributed by atoms with E-state index in [1.165, 1.54) is 23.1 Å². The lowest BCUT2D eigenvalue weighted by atomic mass is 10.1.